The highest BCUT2D eigenvalue weighted by Gasteiger charge is 2.24. The van der Waals surface area contributed by atoms with Crippen molar-refractivity contribution >= 4 is 45.2 Å². The lowest BCUT2D eigenvalue weighted by Crippen LogP contribution is -2.44. The van der Waals surface area contributed by atoms with Gasteiger partial charge in [0.15, 0.2) is 12.1 Å². The van der Waals surface area contributed by atoms with E-state index in [1.165, 1.54) is 11.3 Å². The summed E-state index contributed by atoms with van der Waals surface area (Å²) in [6.45, 7) is 4.01. The summed E-state index contributed by atoms with van der Waals surface area (Å²) < 4.78 is 13.4. The molecule has 0 spiro atoms. The van der Waals surface area contributed by atoms with Gasteiger partial charge < -0.3 is 9.64 Å². The Balaban J connectivity index is 2.15. The third kappa shape index (κ3) is 2.31. The van der Waals surface area contributed by atoms with E-state index >= 15 is 0 Å². The van der Waals surface area contributed by atoms with Crippen molar-refractivity contribution in [3.05, 3.63) is 16.2 Å². The first-order valence-electron chi connectivity index (χ1n) is 6.38. The van der Waals surface area contributed by atoms with Crippen LogP contribution in [-0.4, -0.2) is 42.0 Å². The average Bonchev–Trinajstić information content (AvgIpc) is 2.82. The quantitative estimate of drug-likeness (QED) is 0.629. The summed E-state index contributed by atoms with van der Waals surface area (Å²) in [7, 11) is 0. The number of fused-ring (bicyclic) bond motifs is 1. The molecule has 5 nitrogen and oxygen atoms in total. The van der Waals surface area contributed by atoms with Gasteiger partial charge in [0, 0.05) is 6.54 Å². The molecule has 1 atom stereocenters. The number of hydrogen-bond acceptors (Lipinski definition) is 6. The number of morpholine rings is 1. The van der Waals surface area contributed by atoms with Crippen molar-refractivity contribution in [3.63, 3.8) is 0 Å². The van der Waals surface area contributed by atoms with E-state index < -0.39 is 6.26 Å². The molecule has 0 N–H and O–H groups in total. The van der Waals surface area contributed by atoms with E-state index in [0.29, 0.717) is 36.0 Å². The molecule has 1 aliphatic rings. The number of halogens is 1. The maximum absolute atomic E-state index is 11.2. The number of aldehydes is 1. The highest BCUT2D eigenvalue weighted by Crippen LogP contribution is 2.33. The largest absolute Gasteiger partial charge is 0.377 e. The Kier molecular flexibility index (Phi) is 3.07. The molecule has 3 rings (SSSR count). The maximum atomic E-state index is 11.2. The SMILES string of the molecule is [2H]C(=O)c1cc2nc(Cl)nc(N3CCOC[C@@H]3C)c2s1. The van der Waals surface area contributed by atoms with E-state index in [-0.39, 0.29) is 11.3 Å². The van der Waals surface area contributed by atoms with Gasteiger partial charge in [-0.05, 0) is 24.6 Å². The Hall–Kier alpha value is -1.24. The van der Waals surface area contributed by atoms with Crippen LogP contribution in [0.2, 0.25) is 5.28 Å². The van der Waals surface area contributed by atoms with Crippen LogP contribution >= 0.6 is 22.9 Å². The number of carbonyl (C=O) groups is 1. The molecule has 1 aliphatic heterocycles. The molecular weight excluding hydrogens is 286 g/mol. The van der Waals surface area contributed by atoms with Crippen LogP contribution in [0.1, 0.15) is 18.0 Å². The highest BCUT2D eigenvalue weighted by molar-refractivity contribution is 7.21. The first-order chi connectivity index (χ1) is 9.56. The zero-order valence-corrected chi connectivity index (χ0v) is 11.8. The minimum Gasteiger partial charge on any atom is -0.377 e. The molecule has 0 unspecified atom stereocenters. The summed E-state index contributed by atoms with van der Waals surface area (Å²) >= 11 is 7.21. The van der Waals surface area contributed by atoms with E-state index in [9.17, 15) is 4.79 Å². The molecule has 3 heterocycles. The zero-order chi connectivity index (χ0) is 14.3. The summed E-state index contributed by atoms with van der Waals surface area (Å²) in [5.74, 6) is 0.716. The summed E-state index contributed by atoms with van der Waals surface area (Å²) in [4.78, 5) is 22.1. The normalized spacial score (nSPS) is 20.6. The van der Waals surface area contributed by atoms with Gasteiger partial charge in [0.05, 0.1) is 34.3 Å². The molecule has 7 heteroatoms. The average molecular weight is 299 g/mol. The summed E-state index contributed by atoms with van der Waals surface area (Å²) in [5, 5.41) is 0.146. The van der Waals surface area contributed by atoms with E-state index in [1.807, 2.05) is 6.92 Å². The maximum Gasteiger partial charge on any atom is 0.224 e. The summed E-state index contributed by atoms with van der Waals surface area (Å²) in [6, 6.07) is 1.77. The fraction of sp³-hybridized carbons (Fsp3) is 0.417. The van der Waals surface area contributed by atoms with Crippen molar-refractivity contribution in [2.45, 2.75) is 13.0 Å². The third-order valence-electron chi connectivity index (χ3n) is 3.07. The second kappa shape index (κ2) is 5.03. The predicted molar refractivity (Wildman–Crippen MR) is 75.4 cm³/mol. The van der Waals surface area contributed by atoms with Gasteiger partial charge in [0.1, 0.15) is 1.37 Å². The van der Waals surface area contributed by atoms with Gasteiger partial charge in [-0.1, -0.05) is 0 Å². The number of carbonyl (C=O) groups excluding carboxylic acids is 1. The summed E-state index contributed by atoms with van der Waals surface area (Å²) in [6.07, 6.45) is -0.718. The molecule has 19 heavy (non-hydrogen) atoms. The lowest BCUT2D eigenvalue weighted by Gasteiger charge is -2.34. The summed E-state index contributed by atoms with van der Waals surface area (Å²) in [5.41, 5.74) is 0.610. The molecule has 0 saturated carbocycles. The number of aromatic nitrogens is 2. The van der Waals surface area contributed by atoms with Crippen molar-refractivity contribution in [1.82, 2.24) is 9.97 Å². The van der Waals surface area contributed by atoms with Gasteiger partial charge in [-0.3, -0.25) is 4.79 Å². The standard InChI is InChI=1S/C12H12ClN3O2S/c1-7-6-18-3-2-16(7)11-10-9(14-12(13)15-11)4-8(5-17)19-10/h4-5,7H,2-3,6H2,1H3/t7-/m0/s1/i5D. The van der Waals surface area contributed by atoms with Crippen LogP contribution in [0.25, 0.3) is 10.2 Å². The van der Waals surface area contributed by atoms with Crippen molar-refractivity contribution in [3.8, 4) is 0 Å². The van der Waals surface area contributed by atoms with Gasteiger partial charge in [-0.2, -0.15) is 4.98 Å². The van der Waals surface area contributed by atoms with Crippen LogP contribution in [0.3, 0.4) is 0 Å². The van der Waals surface area contributed by atoms with E-state index in [4.69, 9.17) is 17.7 Å². The van der Waals surface area contributed by atoms with Gasteiger partial charge >= 0.3 is 0 Å². The van der Waals surface area contributed by atoms with Gasteiger partial charge in [0.25, 0.3) is 0 Å². The molecule has 1 saturated heterocycles. The monoisotopic (exact) mass is 298 g/mol. The zero-order valence-electron chi connectivity index (χ0n) is 11.2. The molecule has 0 radical (unpaired) electrons. The van der Waals surface area contributed by atoms with Crippen molar-refractivity contribution in [1.29, 1.82) is 0 Å². The van der Waals surface area contributed by atoms with Crippen LogP contribution in [0.5, 0.6) is 0 Å². The van der Waals surface area contributed by atoms with E-state index in [2.05, 4.69) is 14.9 Å². The van der Waals surface area contributed by atoms with Crippen LogP contribution in [0, 0.1) is 0 Å². The minimum atomic E-state index is -0.718. The van der Waals surface area contributed by atoms with E-state index in [0.717, 1.165) is 4.70 Å². The number of rotatable bonds is 2. The van der Waals surface area contributed by atoms with Gasteiger partial charge in [-0.15, -0.1) is 11.3 Å². The lowest BCUT2D eigenvalue weighted by molar-refractivity contribution is 0.0987. The molecular formula is C12H12ClN3O2S. The van der Waals surface area contributed by atoms with Gasteiger partial charge in [0.2, 0.25) is 5.28 Å². The van der Waals surface area contributed by atoms with Crippen molar-refractivity contribution in [2.24, 2.45) is 0 Å². The second-order valence-electron chi connectivity index (χ2n) is 4.36. The number of hydrogen-bond donors (Lipinski definition) is 0. The minimum absolute atomic E-state index is 0.146. The highest BCUT2D eigenvalue weighted by atomic mass is 35.5. The molecule has 0 bridgehead atoms. The molecule has 0 aliphatic carbocycles. The van der Waals surface area contributed by atoms with Gasteiger partial charge in [-0.25, -0.2) is 4.98 Å². The Morgan fingerprint density at radius 3 is 3.26 bits per heavy atom. The first kappa shape index (κ1) is 11.6. The van der Waals surface area contributed by atoms with Crippen LogP contribution < -0.4 is 4.90 Å². The Labute approximate surface area is 120 Å². The molecule has 0 amide bonds. The second-order valence-corrected chi connectivity index (χ2v) is 5.75. The fourth-order valence-electron chi connectivity index (χ4n) is 2.17. The Bertz CT molecular complexity index is 678. The molecule has 2 aromatic heterocycles. The van der Waals surface area contributed by atoms with Crippen LogP contribution in [0.15, 0.2) is 6.07 Å². The number of ether oxygens (including phenoxy) is 1. The van der Waals surface area contributed by atoms with Crippen LogP contribution in [-0.2, 0) is 4.74 Å². The fourth-order valence-corrected chi connectivity index (χ4v) is 3.24. The van der Waals surface area contributed by atoms with E-state index in [1.54, 1.807) is 6.07 Å². The lowest BCUT2D eigenvalue weighted by atomic mass is 10.2. The number of anilines is 1. The Morgan fingerprint density at radius 2 is 2.53 bits per heavy atom. The van der Waals surface area contributed by atoms with Crippen molar-refractivity contribution < 1.29 is 10.9 Å². The molecule has 100 valence electrons. The molecule has 2 aromatic rings. The molecule has 1 fully saturated rings. The number of thiophene rings is 1. The topological polar surface area (TPSA) is 55.3 Å². The smallest absolute Gasteiger partial charge is 0.224 e. The predicted octanol–water partition coefficient (Wildman–Crippen LogP) is 2.38. The van der Waals surface area contributed by atoms with Crippen molar-refractivity contribution in [2.75, 3.05) is 24.7 Å². The molecule has 0 aromatic carbocycles. The number of nitrogens with zero attached hydrogens (tertiary/aromatic N) is 3. The van der Waals surface area contributed by atoms with Crippen LogP contribution in [0.4, 0.5) is 5.82 Å². The Morgan fingerprint density at radius 1 is 1.68 bits per heavy atom. The first-order valence-corrected chi connectivity index (χ1v) is 7.08. The third-order valence-corrected chi connectivity index (χ3v) is 4.25.